The second kappa shape index (κ2) is 9.69. The Morgan fingerprint density at radius 2 is 1.78 bits per heavy atom. The fourth-order valence-electron chi connectivity index (χ4n) is 3.05. The molecular formula is C23H18Cl3N3O3. The average molecular weight is 491 g/mol. The average Bonchev–Trinajstić information content (AvgIpc) is 3.35. The molecule has 0 saturated heterocycles. The van der Waals surface area contributed by atoms with Crippen LogP contribution >= 0.6 is 34.8 Å². The molecule has 164 valence electrons. The molecule has 1 N–H and O–H groups in total. The second-order valence-corrected chi connectivity index (χ2v) is 8.27. The highest BCUT2D eigenvalue weighted by Crippen LogP contribution is 2.36. The molecule has 0 spiro atoms. The first-order valence-electron chi connectivity index (χ1n) is 9.65. The number of carbonyl (C=O) groups is 1. The minimum Gasteiger partial charge on any atom is -0.483 e. The number of aryl methyl sites for hydroxylation is 1. The van der Waals surface area contributed by atoms with Crippen LogP contribution in [0.1, 0.15) is 27.6 Å². The number of anilines is 1. The van der Waals surface area contributed by atoms with Gasteiger partial charge in [0.25, 0.3) is 5.91 Å². The van der Waals surface area contributed by atoms with Gasteiger partial charge in [-0.3, -0.25) is 9.48 Å². The molecule has 0 atom stereocenters. The smallest absolute Gasteiger partial charge is 0.292 e. The number of nitrogens with one attached hydrogen (secondary N) is 1. The lowest BCUT2D eigenvalue weighted by atomic mass is 10.2. The Labute approximate surface area is 199 Å². The maximum absolute atomic E-state index is 12.6. The number of hydrogen-bond donors (Lipinski definition) is 1. The van der Waals surface area contributed by atoms with Gasteiger partial charge >= 0.3 is 0 Å². The lowest BCUT2D eigenvalue weighted by Gasteiger charge is -2.09. The molecule has 2 heterocycles. The zero-order chi connectivity index (χ0) is 22.7. The summed E-state index contributed by atoms with van der Waals surface area (Å²) < 4.78 is 13.0. The molecule has 9 heteroatoms. The molecule has 1 amide bonds. The highest BCUT2D eigenvalue weighted by atomic mass is 35.5. The van der Waals surface area contributed by atoms with E-state index in [9.17, 15) is 4.79 Å². The van der Waals surface area contributed by atoms with E-state index in [1.54, 1.807) is 18.2 Å². The van der Waals surface area contributed by atoms with E-state index >= 15 is 0 Å². The summed E-state index contributed by atoms with van der Waals surface area (Å²) in [6.07, 6.45) is 0. The van der Waals surface area contributed by atoms with Crippen molar-refractivity contribution in [1.82, 2.24) is 9.78 Å². The van der Waals surface area contributed by atoms with E-state index in [0.717, 1.165) is 11.3 Å². The number of amides is 1. The molecule has 0 saturated carbocycles. The first-order chi connectivity index (χ1) is 15.4. The summed E-state index contributed by atoms with van der Waals surface area (Å²) in [4.78, 5) is 12.6. The Balaban J connectivity index is 1.39. The lowest BCUT2D eigenvalue weighted by Crippen LogP contribution is -2.12. The van der Waals surface area contributed by atoms with Gasteiger partial charge in [-0.2, -0.15) is 5.10 Å². The molecule has 2 aromatic carbocycles. The van der Waals surface area contributed by atoms with Gasteiger partial charge in [0.1, 0.15) is 12.4 Å². The van der Waals surface area contributed by atoms with Crippen LogP contribution in [-0.2, 0) is 13.2 Å². The molecule has 0 aliphatic carbocycles. The van der Waals surface area contributed by atoms with Crippen LogP contribution in [0.15, 0.2) is 65.1 Å². The van der Waals surface area contributed by atoms with Crippen molar-refractivity contribution in [2.45, 2.75) is 20.1 Å². The van der Waals surface area contributed by atoms with E-state index in [2.05, 4.69) is 10.4 Å². The van der Waals surface area contributed by atoms with Gasteiger partial charge in [-0.1, -0.05) is 65.1 Å². The Kier molecular flexibility index (Phi) is 6.74. The van der Waals surface area contributed by atoms with Crippen molar-refractivity contribution in [2.75, 3.05) is 5.32 Å². The van der Waals surface area contributed by atoms with E-state index < -0.39 is 5.91 Å². The van der Waals surface area contributed by atoms with Gasteiger partial charge in [0.15, 0.2) is 17.3 Å². The number of halogens is 3. The van der Waals surface area contributed by atoms with Crippen LogP contribution in [0.2, 0.25) is 15.1 Å². The summed E-state index contributed by atoms with van der Waals surface area (Å²) in [5.41, 5.74) is 2.04. The minimum absolute atomic E-state index is 0.0408. The number of rotatable bonds is 7. The molecular weight excluding hydrogens is 473 g/mol. The zero-order valence-corrected chi connectivity index (χ0v) is 19.2. The topological polar surface area (TPSA) is 69.3 Å². The number of hydrogen-bond acceptors (Lipinski definition) is 4. The van der Waals surface area contributed by atoms with Gasteiger partial charge in [-0.05, 0) is 36.8 Å². The van der Waals surface area contributed by atoms with Crippen LogP contribution in [0.3, 0.4) is 0 Å². The quantitative estimate of drug-likeness (QED) is 0.316. The van der Waals surface area contributed by atoms with Gasteiger partial charge in [-0.15, -0.1) is 0 Å². The van der Waals surface area contributed by atoms with Crippen LogP contribution < -0.4 is 10.1 Å². The van der Waals surface area contributed by atoms with E-state index in [4.69, 9.17) is 44.0 Å². The summed E-state index contributed by atoms with van der Waals surface area (Å²) in [5, 5.41) is 8.19. The molecule has 4 aromatic rings. The summed E-state index contributed by atoms with van der Waals surface area (Å²) in [7, 11) is 0. The highest BCUT2D eigenvalue weighted by molar-refractivity contribution is 6.40. The summed E-state index contributed by atoms with van der Waals surface area (Å²) in [6.45, 7) is 2.58. The third-order valence-electron chi connectivity index (χ3n) is 4.61. The predicted molar refractivity (Wildman–Crippen MR) is 125 cm³/mol. The van der Waals surface area contributed by atoms with Crippen molar-refractivity contribution in [3.8, 4) is 5.75 Å². The van der Waals surface area contributed by atoms with Crippen LogP contribution in [0.5, 0.6) is 5.75 Å². The van der Waals surface area contributed by atoms with Crippen molar-refractivity contribution in [1.29, 1.82) is 0 Å². The molecule has 0 aliphatic heterocycles. The lowest BCUT2D eigenvalue weighted by molar-refractivity contribution is 0.0992. The molecule has 32 heavy (non-hydrogen) atoms. The van der Waals surface area contributed by atoms with Crippen LogP contribution in [0, 0.1) is 6.92 Å². The number of carbonyl (C=O) groups excluding carboxylic acids is 1. The van der Waals surface area contributed by atoms with E-state index in [0.29, 0.717) is 28.9 Å². The maximum Gasteiger partial charge on any atom is 0.292 e. The Morgan fingerprint density at radius 3 is 2.50 bits per heavy atom. The zero-order valence-electron chi connectivity index (χ0n) is 16.9. The van der Waals surface area contributed by atoms with Gasteiger partial charge in [0, 0.05) is 16.8 Å². The third-order valence-corrected chi connectivity index (χ3v) is 5.38. The molecule has 4 rings (SSSR count). The standard InChI is InChI=1S/C23H18Cl3N3O3/c1-14-9-21(28-29(14)12-15-5-3-2-4-6-15)27-23(30)20-8-7-17(32-20)13-31-22-18(25)10-16(24)11-19(22)26/h2-11H,12-13H2,1H3,(H,27,28,30). The molecule has 0 radical (unpaired) electrons. The summed E-state index contributed by atoms with van der Waals surface area (Å²) >= 11 is 18.1. The maximum atomic E-state index is 12.6. The fraction of sp³-hybridized carbons (Fsp3) is 0.130. The van der Waals surface area contributed by atoms with Crippen molar-refractivity contribution in [3.63, 3.8) is 0 Å². The summed E-state index contributed by atoms with van der Waals surface area (Å²) in [6, 6.07) is 18.0. The Hall–Kier alpha value is -2.93. The SMILES string of the molecule is Cc1cc(NC(=O)c2ccc(COc3c(Cl)cc(Cl)cc3Cl)o2)nn1Cc1ccccc1. The first-order valence-corrected chi connectivity index (χ1v) is 10.8. The number of ether oxygens (including phenoxy) is 1. The van der Waals surface area contributed by atoms with Gasteiger partial charge in [-0.25, -0.2) is 0 Å². The van der Waals surface area contributed by atoms with Crippen LogP contribution in [0.4, 0.5) is 5.82 Å². The molecule has 6 nitrogen and oxygen atoms in total. The van der Waals surface area contributed by atoms with Gasteiger partial charge in [0.2, 0.25) is 0 Å². The predicted octanol–water partition coefficient (Wildman–Crippen LogP) is 6.62. The van der Waals surface area contributed by atoms with Crippen molar-refractivity contribution < 1.29 is 13.9 Å². The van der Waals surface area contributed by atoms with Gasteiger partial charge in [0.05, 0.1) is 16.6 Å². The summed E-state index contributed by atoms with van der Waals surface area (Å²) in [5.74, 6) is 0.885. The van der Waals surface area contributed by atoms with E-state index in [1.807, 2.05) is 41.9 Å². The molecule has 0 aliphatic rings. The highest BCUT2D eigenvalue weighted by Gasteiger charge is 2.16. The largest absolute Gasteiger partial charge is 0.483 e. The van der Waals surface area contributed by atoms with Crippen molar-refractivity contribution in [2.24, 2.45) is 0 Å². The number of benzene rings is 2. The Morgan fingerprint density at radius 1 is 1.06 bits per heavy atom. The normalized spacial score (nSPS) is 10.9. The fourth-order valence-corrected chi connectivity index (χ4v) is 3.98. The molecule has 0 fully saturated rings. The molecule has 2 aromatic heterocycles. The first kappa shape index (κ1) is 22.3. The number of furan rings is 1. The minimum atomic E-state index is -0.414. The van der Waals surface area contributed by atoms with Crippen LogP contribution in [-0.4, -0.2) is 15.7 Å². The number of aromatic nitrogens is 2. The third kappa shape index (κ3) is 5.27. The monoisotopic (exact) mass is 489 g/mol. The molecule has 0 unspecified atom stereocenters. The second-order valence-electron chi connectivity index (χ2n) is 7.02. The van der Waals surface area contributed by atoms with E-state index in [-0.39, 0.29) is 22.4 Å². The van der Waals surface area contributed by atoms with Crippen LogP contribution in [0.25, 0.3) is 0 Å². The number of nitrogens with zero attached hydrogens (tertiary/aromatic N) is 2. The van der Waals surface area contributed by atoms with E-state index in [1.165, 1.54) is 12.1 Å². The Bertz CT molecular complexity index is 1230. The molecule has 0 bridgehead atoms. The van der Waals surface area contributed by atoms with Crippen molar-refractivity contribution >= 4 is 46.5 Å². The van der Waals surface area contributed by atoms with Crippen molar-refractivity contribution in [3.05, 3.63) is 98.5 Å². The van der Waals surface area contributed by atoms with Gasteiger partial charge < -0.3 is 14.5 Å².